The Labute approximate surface area is 191 Å². The molecule has 170 valence electrons. The zero-order valence-corrected chi connectivity index (χ0v) is 19.5. The number of halogens is 2. The van der Waals surface area contributed by atoms with Crippen LogP contribution in [0.4, 0.5) is 4.39 Å². The van der Waals surface area contributed by atoms with Gasteiger partial charge >= 0.3 is 0 Å². The van der Waals surface area contributed by atoms with Crippen molar-refractivity contribution in [3.05, 3.63) is 34.1 Å². The fourth-order valence-corrected chi connectivity index (χ4v) is 4.54. The second-order valence-electron chi connectivity index (χ2n) is 8.22. The highest BCUT2D eigenvalue weighted by atomic mass is 79.9. The molecule has 0 spiro atoms. The van der Waals surface area contributed by atoms with E-state index in [2.05, 4.69) is 33.1 Å². The molecule has 2 fully saturated rings. The molecule has 0 saturated carbocycles. The van der Waals surface area contributed by atoms with Crippen LogP contribution in [0.15, 0.2) is 22.7 Å². The lowest BCUT2D eigenvalue weighted by atomic mass is 10.0. The smallest absolute Gasteiger partial charge is 0.252 e. The highest BCUT2D eigenvalue weighted by Gasteiger charge is 2.27. The van der Waals surface area contributed by atoms with Gasteiger partial charge in [0.15, 0.2) is 0 Å². The van der Waals surface area contributed by atoms with Crippen molar-refractivity contribution in [3.63, 3.8) is 0 Å². The maximum absolute atomic E-state index is 13.3. The summed E-state index contributed by atoms with van der Waals surface area (Å²) in [6, 6.07) is 4.22. The fraction of sp³-hybridized carbons (Fsp3) is 0.591. The van der Waals surface area contributed by atoms with Crippen molar-refractivity contribution < 1.29 is 18.8 Å². The highest BCUT2D eigenvalue weighted by Crippen LogP contribution is 2.18. The number of hydrogen-bond acceptors (Lipinski definition) is 4. The minimum Gasteiger partial charge on any atom is -0.351 e. The SMILES string of the molecule is CC1CCCCN1C(=O)CN1CCN(C(=O)CCNC(=O)c2cc(F)ccc2Br)CC1. The number of carbonyl (C=O) groups is 3. The second-order valence-corrected chi connectivity index (χ2v) is 9.07. The Kier molecular flexibility index (Phi) is 8.43. The number of likely N-dealkylation sites (tertiary alicyclic amines) is 1. The third-order valence-corrected chi connectivity index (χ3v) is 6.70. The summed E-state index contributed by atoms with van der Waals surface area (Å²) in [5, 5.41) is 2.67. The Morgan fingerprint density at radius 3 is 2.55 bits per heavy atom. The van der Waals surface area contributed by atoms with Crippen molar-refractivity contribution in [1.29, 1.82) is 0 Å². The fourth-order valence-electron chi connectivity index (χ4n) is 4.11. The maximum Gasteiger partial charge on any atom is 0.252 e. The molecule has 2 saturated heterocycles. The largest absolute Gasteiger partial charge is 0.351 e. The molecule has 31 heavy (non-hydrogen) atoms. The van der Waals surface area contributed by atoms with Crippen LogP contribution < -0.4 is 5.32 Å². The number of piperazine rings is 1. The summed E-state index contributed by atoms with van der Waals surface area (Å²) in [6.45, 7) is 6.04. The normalized spacial score (nSPS) is 19.9. The van der Waals surface area contributed by atoms with E-state index in [1.165, 1.54) is 18.6 Å². The molecule has 2 aliphatic rings. The van der Waals surface area contributed by atoms with Gasteiger partial charge in [0, 0.05) is 56.2 Å². The van der Waals surface area contributed by atoms with E-state index in [0.29, 0.717) is 43.2 Å². The lowest BCUT2D eigenvalue weighted by Gasteiger charge is -2.38. The van der Waals surface area contributed by atoms with Crippen molar-refractivity contribution >= 4 is 33.7 Å². The van der Waals surface area contributed by atoms with Gasteiger partial charge in [-0.15, -0.1) is 0 Å². The molecule has 0 aromatic heterocycles. The summed E-state index contributed by atoms with van der Waals surface area (Å²) in [4.78, 5) is 43.1. The van der Waals surface area contributed by atoms with Crippen LogP contribution in [0.3, 0.4) is 0 Å². The third-order valence-electron chi connectivity index (χ3n) is 6.00. The number of nitrogens with one attached hydrogen (secondary N) is 1. The number of carbonyl (C=O) groups excluding carboxylic acids is 3. The van der Waals surface area contributed by atoms with E-state index in [9.17, 15) is 18.8 Å². The zero-order valence-electron chi connectivity index (χ0n) is 17.9. The van der Waals surface area contributed by atoms with Crippen LogP contribution >= 0.6 is 15.9 Å². The van der Waals surface area contributed by atoms with Crippen LogP contribution in [0.2, 0.25) is 0 Å². The lowest BCUT2D eigenvalue weighted by Crippen LogP contribution is -2.53. The molecule has 1 atom stereocenters. The first-order valence-electron chi connectivity index (χ1n) is 10.9. The molecular formula is C22H30BrFN4O3. The summed E-state index contributed by atoms with van der Waals surface area (Å²) >= 11 is 3.23. The minimum absolute atomic E-state index is 0.0331. The van der Waals surface area contributed by atoms with Crippen LogP contribution in [0.1, 0.15) is 43.0 Å². The topological polar surface area (TPSA) is 73.0 Å². The van der Waals surface area contributed by atoms with Crippen molar-refractivity contribution in [2.45, 2.75) is 38.6 Å². The summed E-state index contributed by atoms with van der Waals surface area (Å²) in [6.07, 6.45) is 3.51. The highest BCUT2D eigenvalue weighted by molar-refractivity contribution is 9.10. The average Bonchev–Trinajstić information content (AvgIpc) is 2.76. The third kappa shape index (κ3) is 6.49. The predicted molar refractivity (Wildman–Crippen MR) is 119 cm³/mol. The van der Waals surface area contributed by atoms with Gasteiger partial charge in [-0.05, 0) is 60.3 Å². The Bertz CT molecular complexity index is 814. The van der Waals surface area contributed by atoms with Crippen molar-refractivity contribution in [1.82, 2.24) is 20.0 Å². The van der Waals surface area contributed by atoms with Crippen LogP contribution in [0.25, 0.3) is 0 Å². The number of amides is 3. The Balaban J connectivity index is 1.37. The Morgan fingerprint density at radius 2 is 1.84 bits per heavy atom. The van der Waals surface area contributed by atoms with Crippen molar-refractivity contribution in [3.8, 4) is 0 Å². The molecule has 3 amide bonds. The molecule has 0 radical (unpaired) electrons. The average molecular weight is 497 g/mol. The van der Waals surface area contributed by atoms with Gasteiger partial charge in [0.1, 0.15) is 5.82 Å². The van der Waals surface area contributed by atoms with Gasteiger partial charge in [-0.2, -0.15) is 0 Å². The summed E-state index contributed by atoms with van der Waals surface area (Å²) in [5.41, 5.74) is 0.203. The molecule has 2 aliphatic heterocycles. The van der Waals surface area contributed by atoms with E-state index in [-0.39, 0.29) is 30.3 Å². The summed E-state index contributed by atoms with van der Waals surface area (Å²) in [5.74, 6) is -0.766. The lowest BCUT2D eigenvalue weighted by molar-refractivity contribution is -0.137. The zero-order chi connectivity index (χ0) is 22.4. The molecule has 7 nitrogen and oxygen atoms in total. The Morgan fingerprint density at radius 1 is 1.10 bits per heavy atom. The van der Waals surface area contributed by atoms with E-state index in [1.54, 1.807) is 4.90 Å². The van der Waals surface area contributed by atoms with Gasteiger partial charge in [0.05, 0.1) is 12.1 Å². The Hall–Kier alpha value is -2.00. The van der Waals surface area contributed by atoms with E-state index >= 15 is 0 Å². The molecule has 2 heterocycles. The first kappa shape index (κ1) is 23.7. The molecule has 0 bridgehead atoms. The van der Waals surface area contributed by atoms with Crippen LogP contribution in [-0.4, -0.2) is 84.3 Å². The number of hydrogen-bond donors (Lipinski definition) is 1. The molecule has 9 heteroatoms. The standard InChI is InChI=1S/C22H30BrFN4O3/c1-16-4-2-3-9-28(16)21(30)15-26-10-12-27(13-11-26)20(29)7-8-25-22(31)18-14-17(24)5-6-19(18)23/h5-6,14,16H,2-4,7-13,15H2,1H3,(H,25,31). The van der Waals surface area contributed by atoms with Crippen molar-refractivity contribution in [2.24, 2.45) is 0 Å². The van der Waals surface area contributed by atoms with Crippen LogP contribution in [0, 0.1) is 5.82 Å². The van der Waals surface area contributed by atoms with E-state index in [0.717, 1.165) is 25.5 Å². The van der Waals surface area contributed by atoms with Gasteiger partial charge in [0.25, 0.3) is 5.91 Å². The van der Waals surface area contributed by atoms with Gasteiger partial charge < -0.3 is 15.1 Å². The van der Waals surface area contributed by atoms with Crippen LogP contribution in [-0.2, 0) is 9.59 Å². The van der Waals surface area contributed by atoms with E-state index in [1.807, 2.05) is 4.90 Å². The first-order chi connectivity index (χ1) is 14.8. The molecule has 3 rings (SSSR count). The minimum atomic E-state index is -0.490. The second kappa shape index (κ2) is 11.0. The summed E-state index contributed by atoms with van der Waals surface area (Å²) < 4.78 is 13.8. The van der Waals surface area contributed by atoms with Gasteiger partial charge in [-0.3, -0.25) is 19.3 Å². The molecular weight excluding hydrogens is 467 g/mol. The molecule has 1 aromatic carbocycles. The monoisotopic (exact) mass is 496 g/mol. The molecule has 1 N–H and O–H groups in total. The van der Waals surface area contributed by atoms with Gasteiger partial charge in [-0.25, -0.2) is 4.39 Å². The first-order valence-corrected chi connectivity index (χ1v) is 11.7. The van der Waals surface area contributed by atoms with Crippen molar-refractivity contribution in [2.75, 3.05) is 45.8 Å². The summed E-state index contributed by atoms with van der Waals surface area (Å²) in [7, 11) is 0. The van der Waals surface area contributed by atoms with Gasteiger partial charge in [0.2, 0.25) is 11.8 Å². The van der Waals surface area contributed by atoms with E-state index < -0.39 is 11.7 Å². The molecule has 0 aliphatic carbocycles. The predicted octanol–water partition coefficient (Wildman–Crippen LogP) is 2.25. The quantitative estimate of drug-likeness (QED) is 0.655. The molecule has 1 unspecified atom stereocenters. The number of nitrogens with zero attached hydrogens (tertiary/aromatic N) is 3. The maximum atomic E-state index is 13.3. The number of rotatable bonds is 6. The van der Waals surface area contributed by atoms with Crippen LogP contribution in [0.5, 0.6) is 0 Å². The van der Waals surface area contributed by atoms with E-state index in [4.69, 9.17) is 0 Å². The molecule has 1 aromatic rings. The number of piperidine rings is 1. The number of benzene rings is 1. The van der Waals surface area contributed by atoms with Gasteiger partial charge in [-0.1, -0.05) is 0 Å².